The van der Waals surface area contributed by atoms with Gasteiger partial charge < -0.3 is 5.73 Å². The molecule has 0 aromatic carbocycles. The lowest BCUT2D eigenvalue weighted by atomic mass is 10.3. The SMILES string of the molecule is CSCCCn1cc(C(C)N)nn1. The highest BCUT2D eigenvalue weighted by atomic mass is 32.2. The highest BCUT2D eigenvalue weighted by Gasteiger charge is 2.03. The number of hydrogen-bond acceptors (Lipinski definition) is 4. The molecule has 0 aliphatic carbocycles. The molecule has 1 unspecified atom stereocenters. The highest BCUT2D eigenvalue weighted by molar-refractivity contribution is 7.98. The molecule has 74 valence electrons. The van der Waals surface area contributed by atoms with Gasteiger partial charge in [0.15, 0.2) is 0 Å². The lowest BCUT2D eigenvalue weighted by Gasteiger charge is -1.98. The second-order valence-corrected chi connectivity index (χ2v) is 4.03. The molecule has 2 N–H and O–H groups in total. The molecule has 1 aromatic rings. The van der Waals surface area contributed by atoms with E-state index in [-0.39, 0.29) is 6.04 Å². The maximum absolute atomic E-state index is 5.66. The van der Waals surface area contributed by atoms with E-state index in [1.165, 1.54) is 0 Å². The molecule has 1 heterocycles. The number of hydrogen-bond donors (Lipinski definition) is 1. The summed E-state index contributed by atoms with van der Waals surface area (Å²) >= 11 is 1.85. The van der Waals surface area contributed by atoms with Crippen molar-refractivity contribution >= 4 is 11.8 Å². The molecule has 13 heavy (non-hydrogen) atoms. The van der Waals surface area contributed by atoms with Gasteiger partial charge in [0.2, 0.25) is 0 Å². The summed E-state index contributed by atoms with van der Waals surface area (Å²) in [5.41, 5.74) is 6.53. The minimum Gasteiger partial charge on any atom is -0.323 e. The van der Waals surface area contributed by atoms with E-state index < -0.39 is 0 Å². The zero-order valence-electron chi connectivity index (χ0n) is 8.10. The van der Waals surface area contributed by atoms with Crippen molar-refractivity contribution in [3.8, 4) is 0 Å². The minimum atomic E-state index is -0.0192. The van der Waals surface area contributed by atoms with Crippen LogP contribution in [0.2, 0.25) is 0 Å². The molecule has 0 fully saturated rings. The van der Waals surface area contributed by atoms with Crippen LogP contribution in [0.3, 0.4) is 0 Å². The van der Waals surface area contributed by atoms with Gasteiger partial charge in [0.1, 0.15) is 0 Å². The summed E-state index contributed by atoms with van der Waals surface area (Å²) in [6, 6.07) is -0.0192. The van der Waals surface area contributed by atoms with Crippen molar-refractivity contribution in [1.82, 2.24) is 15.0 Å². The third kappa shape index (κ3) is 3.36. The van der Waals surface area contributed by atoms with Gasteiger partial charge in [-0.2, -0.15) is 11.8 Å². The van der Waals surface area contributed by atoms with E-state index in [1.54, 1.807) is 0 Å². The maximum atomic E-state index is 5.66. The van der Waals surface area contributed by atoms with Crippen molar-refractivity contribution < 1.29 is 0 Å². The smallest absolute Gasteiger partial charge is 0.0991 e. The monoisotopic (exact) mass is 200 g/mol. The largest absolute Gasteiger partial charge is 0.323 e. The molecule has 5 heteroatoms. The third-order valence-electron chi connectivity index (χ3n) is 1.76. The summed E-state index contributed by atoms with van der Waals surface area (Å²) in [4.78, 5) is 0. The Morgan fingerprint density at radius 3 is 3.00 bits per heavy atom. The Kier molecular flexibility index (Phi) is 4.24. The van der Waals surface area contributed by atoms with Crippen molar-refractivity contribution in [1.29, 1.82) is 0 Å². The summed E-state index contributed by atoms with van der Waals surface area (Å²) in [5, 5.41) is 7.96. The highest BCUT2D eigenvalue weighted by Crippen LogP contribution is 2.04. The van der Waals surface area contributed by atoms with Crippen LogP contribution in [-0.2, 0) is 6.54 Å². The molecule has 0 radical (unpaired) electrons. The number of rotatable bonds is 5. The quantitative estimate of drug-likeness (QED) is 0.722. The molecular weight excluding hydrogens is 184 g/mol. The van der Waals surface area contributed by atoms with Gasteiger partial charge in [-0.05, 0) is 25.4 Å². The number of nitrogens with zero attached hydrogens (tertiary/aromatic N) is 3. The number of aryl methyl sites for hydroxylation is 1. The van der Waals surface area contributed by atoms with Crippen molar-refractivity contribution in [2.24, 2.45) is 5.73 Å². The first-order valence-corrected chi connectivity index (χ1v) is 5.78. The normalized spacial score (nSPS) is 13.2. The average molecular weight is 200 g/mol. The summed E-state index contributed by atoms with van der Waals surface area (Å²) in [6.07, 6.45) is 5.16. The zero-order valence-corrected chi connectivity index (χ0v) is 8.92. The predicted octanol–water partition coefficient (Wildman–Crippen LogP) is 1.05. The molecule has 0 aliphatic heterocycles. The van der Waals surface area contributed by atoms with E-state index in [2.05, 4.69) is 16.6 Å². The predicted molar refractivity (Wildman–Crippen MR) is 55.6 cm³/mol. The Morgan fingerprint density at radius 2 is 2.46 bits per heavy atom. The van der Waals surface area contributed by atoms with Crippen LogP contribution in [0.15, 0.2) is 6.20 Å². The molecule has 1 aromatic heterocycles. The molecule has 1 rings (SSSR count). The fraction of sp³-hybridized carbons (Fsp3) is 0.750. The van der Waals surface area contributed by atoms with Gasteiger partial charge in [0.05, 0.1) is 11.9 Å². The molecule has 0 saturated heterocycles. The molecule has 0 amide bonds. The van der Waals surface area contributed by atoms with Gasteiger partial charge in [-0.25, -0.2) is 0 Å². The molecular formula is C8H16N4S. The van der Waals surface area contributed by atoms with Crippen LogP contribution in [-0.4, -0.2) is 27.0 Å². The summed E-state index contributed by atoms with van der Waals surface area (Å²) < 4.78 is 1.86. The van der Waals surface area contributed by atoms with E-state index in [0.29, 0.717) is 0 Å². The van der Waals surface area contributed by atoms with Crippen LogP contribution in [0.4, 0.5) is 0 Å². The first-order valence-electron chi connectivity index (χ1n) is 4.38. The van der Waals surface area contributed by atoms with Crippen molar-refractivity contribution in [2.45, 2.75) is 25.9 Å². The Balaban J connectivity index is 2.40. The van der Waals surface area contributed by atoms with Gasteiger partial charge in [-0.1, -0.05) is 5.21 Å². The Bertz CT molecular complexity index is 246. The first-order chi connectivity index (χ1) is 6.24. The lowest BCUT2D eigenvalue weighted by Crippen LogP contribution is -2.05. The molecule has 0 saturated carbocycles. The fourth-order valence-electron chi connectivity index (χ4n) is 1.00. The Labute approximate surface area is 82.9 Å². The van der Waals surface area contributed by atoms with Gasteiger partial charge in [0.25, 0.3) is 0 Å². The van der Waals surface area contributed by atoms with Crippen LogP contribution in [0.1, 0.15) is 25.1 Å². The molecule has 0 spiro atoms. The van der Waals surface area contributed by atoms with Crippen LogP contribution in [0, 0.1) is 0 Å². The lowest BCUT2D eigenvalue weighted by molar-refractivity contribution is 0.581. The Morgan fingerprint density at radius 1 is 1.69 bits per heavy atom. The summed E-state index contributed by atoms with van der Waals surface area (Å²) in [7, 11) is 0. The third-order valence-corrected chi connectivity index (χ3v) is 2.46. The van der Waals surface area contributed by atoms with E-state index >= 15 is 0 Å². The average Bonchev–Trinajstić information content (AvgIpc) is 2.53. The molecule has 4 nitrogen and oxygen atoms in total. The van der Waals surface area contributed by atoms with E-state index in [0.717, 1.165) is 24.4 Å². The maximum Gasteiger partial charge on any atom is 0.0991 e. The Hall–Kier alpha value is -0.550. The standard InChI is InChI=1S/C8H16N4S/c1-7(9)8-6-12(11-10-8)4-3-5-13-2/h6-7H,3-5,9H2,1-2H3. The van der Waals surface area contributed by atoms with E-state index in [4.69, 9.17) is 5.73 Å². The van der Waals surface area contributed by atoms with Crippen molar-refractivity contribution in [2.75, 3.05) is 12.0 Å². The second-order valence-electron chi connectivity index (χ2n) is 3.04. The van der Waals surface area contributed by atoms with Crippen LogP contribution >= 0.6 is 11.8 Å². The van der Waals surface area contributed by atoms with Crippen LogP contribution in [0.5, 0.6) is 0 Å². The summed E-state index contributed by atoms with van der Waals surface area (Å²) in [6.45, 7) is 2.84. The van der Waals surface area contributed by atoms with Crippen LogP contribution < -0.4 is 5.73 Å². The van der Waals surface area contributed by atoms with E-state index in [1.807, 2.05) is 29.6 Å². The molecule has 1 atom stereocenters. The number of thioether (sulfide) groups is 1. The van der Waals surface area contributed by atoms with E-state index in [9.17, 15) is 0 Å². The van der Waals surface area contributed by atoms with Gasteiger partial charge >= 0.3 is 0 Å². The van der Waals surface area contributed by atoms with Crippen molar-refractivity contribution in [3.63, 3.8) is 0 Å². The number of aromatic nitrogens is 3. The van der Waals surface area contributed by atoms with Gasteiger partial charge in [-0.3, -0.25) is 4.68 Å². The summed E-state index contributed by atoms with van der Waals surface area (Å²) in [5.74, 6) is 1.16. The zero-order chi connectivity index (χ0) is 9.68. The second kappa shape index (κ2) is 5.24. The van der Waals surface area contributed by atoms with Crippen LogP contribution in [0.25, 0.3) is 0 Å². The van der Waals surface area contributed by atoms with Gasteiger partial charge in [0, 0.05) is 12.6 Å². The van der Waals surface area contributed by atoms with Gasteiger partial charge in [-0.15, -0.1) is 5.10 Å². The molecule has 0 aliphatic rings. The minimum absolute atomic E-state index is 0.0192. The van der Waals surface area contributed by atoms with Crippen molar-refractivity contribution in [3.05, 3.63) is 11.9 Å². The molecule has 0 bridgehead atoms. The first kappa shape index (κ1) is 10.5. The fourth-order valence-corrected chi connectivity index (χ4v) is 1.42. The number of nitrogens with two attached hydrogens (primary N) is 1. The topological polar surface area (TPSA) is 56.7 Å².